The number of anilines is 1. The van der Waals surface area contributed by atoms with Gasteiger partial charge in [0.1, 0.15) is 4.90 Å². The average molecular weight is 318 g/mol. The van der Waals surface area contributed by atoms with Crippen LogP contribution in [0, 0.1) is 21.8 Å². The van der Waals surface area contributed by atoms with Crippen LogP contribution in [0.15, 0.2) is 17.0 Å². The Morgan fingerprint density at radius 3 is 2.57 bits per heavy atom. The van der Waals surface area contributed by atoms with E-state index in [9.17, 15) is 22.9 Å². The molecule has 0 saturated heterocycles. The lowest BCUT2D eigenvalue weighted by Gasteiger charge is -2.25. The van der Waals surface area contributed by atoms with Gasteiger partial charge in [0.2, 0.25) is 10.0 Å². The Morgan fingerprint density at radius 2 is 2.10 bits per heavy atom. The van der Waals surface area contributed by atoms with Crippen LogP contribution in [0.2, 0.25) is 0 Å². The van der Waals surface area contributed by atoms with Crippen molar-refractivity contribution in [2.24, 2.45) is 11.8 Å². The van der Waals surface area contributed by atoms with E-state index in [2.05, 4.69) is 4.72 Å². The van der Waals surface area contributed by atoms with Crippen molar-refractivity contribution < 1.29 is 17.7 Å². The summed E-state index contributed by atoms with van der Waals surface area (Å²) in [5.74, 6) is 4.17. The number of nitrogens with zero attached hydrogens (tertiary/aromatic N) is 1. The zero-order valence-electron chi connectivity index (χ0n) is 11.0. The van der Waals surface area contributed by atoms with Gasteiger partial charge in [-0.2, -0.15) is 0 Å². The highest BCUT2D eigenvalue weighted by molar-refractivity contribution is 7.89. The molecule has 10 heteroatoms. The number of hydrogen-bond donors (Lipinski definition) is 3. The van der Waals surface area contributed by atoms with Crippen LogP contribution in [0.3, 0.4) is 0 Å². The van der Waals surface area contributed by atoms with Crippen LogP contribution < -0.4 is 16.0 Å². The molecule has 8 nitrogen and oxygen atoms in total. The number of halogens is 1. The first-order valence-electron chi connectivity index (χ1n) is 6.29. The second kappa shape index (κ2) is 5.92. The van der Waals surface area contributed by atoms with E-state index in [1.807, 2.05) is 5.43 Å². The van der Waals surface area contributed by atoms with Crippen molar-refractivity contribution in [3.8, 4) is 0 Å². The first-order chi connectivity index (χ1) is 9.85. The SMILES string of the molecule is NNc1cc([N+](=O)[O-])cc(F)c1S(=O)(=O)NCC1CCC1. The molecule has 116 valence electrons. The van der Waals surface area contributed by atoms with E-state index in [4.69, 9.17) is 5.84 Å². The zero-order valence-corrected chi connectivity index (χ0v) is 11.8. The van der Waals surface area contributed by atoms with E-state index >= 15 is 0 Å². The standard InChI is InChI=1S/C11H15FN4O4S/c12-9-4-8(16(17)18)5-10(15-13)11(9)21(19,20)14-6-7-2-1-3-7/h4-5,7,14-15H,1-3,6,13H2. The number of nitrogens with one attached hydrogen (secondary N) is 2. The molecule has 1 aliphatic carbocycles. The van der Waals surface area contributed by atoms with Gasteiger partial charge in [-0.3, -0.25) is 16.0 Å². The van der Waals surface area contributed by atoms with Crippen molar-refractivity contribution in [3.05, 3.63) is 28.1 Å². The van der Waals surface area contributed by atoms with Gasteiger partial charge in [-0.1, -0.05) is 6.42 Å². The summed E-state index contributed by atoms with van der Waals surface area (Å²) in [5, 5.41) is 10.6. The van der Waals surface area contributed by atoms with Gasteiger partial charge in [-0.25, -0.2) is 17.5 Å². The molecule has 0 radical (unpaired) electrons. The van der Waals surface area contributed by atoms with Gasteiger partial charge in [0.15, 0.2) is 5.82 Å². The number of nitrogens with two attached hydrogens (primary N) is 1. The van der Waals surface area contributed by atoms with Crippen molar-refractivity contribution >= 4 is 21.4 Å². The number of hydrogen-bond acceptors (Lipinski definition) is 6. The van der Waals surface area contributed by atoms with E-state index in [1.54, 1.807) is 0 Å². The third-order valence-corrected chi connectivity index (χ3v) is 4.95. The summed E-state index contributed by atoms with van der Waals surface area (Å²) in [6.07, 6.45) is 2.90. The molecule has 2 rings (SSSR count). The van der Waals surface area contributed by atoms with E-state index in [1.165, 1.54) is 0 Å². The summed E-state index contributed by atoms with van der Waals surface area (Å²) < 4.78 is 40.5. The number of hydrazine groups is 1. The Kier molecular flexibility index (Phi) is 4.40. The van der Waals surface area contributed by atoms with Gasteiger partial charge >= 0.3 is 0 Å². The predicted octanol–water partition coefficient (Wildman–Crippen LogP) is 1.10. The highest BCUT2D eigenvalue weighted by Crippen LogP contribution is 2.30. The molecule has 0 aliphatic heterocycles. The summed E-state index contributed by atoms with van der Waals surface area (Å²) >= 11 is 0. The fourth-order valence-electron chi connectivity index (χ4n) is 2.06. The number of nitro benzene ring substituents is 1. The van der Waals surface area contributed by atoms with E-state index in [0.29, 0.717) is 6.07 Å². The molecule has 0 bridgehead atoms. The van der Waals surface area contributed by atoms with E-state index in [0.717, 1.165) is 25.3 Å². The normalized spacial score (nSPS) is 15.5. The van der Waals surface area contributed by atoms with Gasteiger partial charge in [0.25, 0.3) is 5.69 Å². The number of non-ortho nitro benzene ring substituents is 1. The molecule has 1 aromatic rings. The summed E-state index contributed by atoms with van der Waals surface area (Å²) in [5.41, 5.74) is 1.05. The fourth-order valence-corrected chi connectivity index (χ4v) is 3.38. The van der Waals surface area contributed by atoms with Crippen LogP contribution in [0.25, 0.3) is 0 Å². The maximum absolute atomic E-state index is 14.0. The second-order valence-corrected chi connectivity index (χ2v) is 6.56. The highest BCUT2D eigenvalue weighted by atomic mass is 32.2. The highest BCUT2D eigenvalue weighted by Gasteiger charge is 2.28. The third-order valence-electron chi connectivity index (χ3n) is 3.45. The van der Waals surface area contributed by atoms with Crippen molar-refractivity contribution in [3.63, 3.8) is 0 Å². The number of benzene rings is 1. The quantitative estimate of drug-likeness (QED) is 0.409. The minimum absolute atomic E-state index is 0.211. The van der Waals surface area contributed by atoms with Crippen LogP contribution in [-0.4, -0.2) is 19.9 Å². The number of rotatable bonds is 6. The lowest BCUT2D eigenvalue weighted by molar-refractivity contribution is -0.385. The summed E-state index contributed by atoms with van der Waals surface area (Å²) in [4.78, 5) is 9.10. The first kappa shape index (κ1) is 15.6. The third kappa shape index (κ3) is 3.28. The number of nitro groups is 1. The molecule has 0 spiro atoms. The van der Waals surface area contributed by atoms with Crippen molar-refractivity contribution in [2.75, 3.05) is 12.0 Å². The van der Waals surface area contributed by atoms with Crippen molar-refractivity contribution in [2.45, 2.75) is 24.2 Å². The molecule has 0 heterocycles. The topological polar surface area (TPSA) is 127 Å². The molecule has 0 amide bonds. The van der Waals surface area contributed by atoms with Crippen LogP contribution in [-0.2, 0) is 10.0 Å². The Balaban J connectivity index is 2.34. The summed E-state index contributed by atoms with van der Waals surface area (Å²) in [6, 6.07) is 1.43. The molecule has 1 fully saturated rings. The maximum atomic E-state index is 14.0. The average Bonchev–Trinajstić information content (AvgIpc) is 2.35. The molecular formula is C11H15FN4O4S. The van der Waals surface area contributed by atoms with Crippen LogP contribution in [0.4, 0.5) is 15.8 Å². The Bertz CT molecular complexity index is 660. The Hall–Kier alpha value is -1.78. The monoisotopic (exact) mass is 318 g/mol. The Labute approximate surface area is 120 Å². The molecule has 4 N–H and O–H groups in total. The van der Waals surface area contributed by atoms with Crippen molar-refractivity contribution in [1.82, 2.24) is 4.72 Å². The Morgan fingerprint density at radius 1 is 1.43 bits per heavy atom. The largest absolute Gasteiger partial charge is 0.323 e. The summed E-state index contributed by atoms with van der Waals surface area (Å²) in [6.45, 7) is 0.211. The molecule has 21 heavy (non-hydrogen) atoms. The molecular weight excluding hydrogens is 303 g/mol. The molecule has 1 aromatic carbocycles. The van der Waals surface area contributed by atoms with Crippen LogP contribution in [0.5, 0.6) is 0 Å². The molecule has 1 aliphatic rings. The zero-order chi connectivity index (χ0) is 15.6. The van der Waals surface area contributed by atoms with E-state index in [-0.39, 0.29) is 18.2 Å². The van der Waals surface area contributed by atoms with Crippen LogP contribution in [0.1, 0.15) is 19.3 Å². The minimum Gasteiger partial charge on any atom is -0.323 e. The molecule has 0 atom stereocenters. The number of sulfonamides is 1. The lowest BCUT2D eigenvalue weighted by Crippen LogP contribution is -2.33. The van der Waals surface area contributed by atoms with Gasteiger partial charge < -0.3 is 5.43 Å². The molecule has 0 aromatic heterocycles. The predicted molar refractivity (Wildman–Crippen MR) is 73.4 cm³/mol. The summed E-state index contributed by atoms with van der Waals surface area (Å²) in [7, 11) is -4.14. The van der Waals surface area contributed by atoms with Gasteiger partial charge in [0, 0.05) is 12.6 Å². The van der Waals surface area contributed by atoms with Gasteiger partial charge in [-0.05, 0) is 18.8 Å². The van der Waals surface area contributed by atoms with E-state index < -0.39 is 31.3 Å². The van der Waals surface area contributed by atoms with Gasteiger partial charge in [-0.15, -0.1) is 0 Å². The molecule has 0 unspecified atom stereocenters. The maximum Gasteiger partial charge on any atom is 0.274 e. The fraction of sp³-hybridized carbons (Fsp3) is 0.455. The van der Waals surface area contributed by atoms with Crippen molar-refractivity contribution in [1.29, 1.82) is 0 Å². The second-order valence-electron chi connectivity index (χ2n) is 4.85. The minimum atomic E-state index is -4.14. The first-order valence-corrected chi connectivity index (χ1v) is 7.77. The van der Waals surface area contributed by atoms with Gasteiger partial charge in [0.05, 0.1) is 16.7 Å². The molecule has 1 saturated carbocycles. The lowest BCUT2D eigenvalue weighted by atomic mass is 9.86. The van der Waals surface area contributed by atoms with Crippen LogP contribution >= 0.6 is 0 Å². The smallest absolute Gasteiger partial charge is 0.274 e. The number of nitrogen functional groups attached to an aromatic ring is 1.